The molecule has 0 aromatic rings. The van der Waals surface area contributed by atoms with Gasteiger partial charge in [0, 0.05) is 11.8 Å². The van der Waals surface area contributed by atoms with Gasteiger partial charge in [-0.05, 0) is 37.4 Å². The SMILES string of the molecule is CCOC(=O)C1(NC2CCCCC2)CSCC(C)(C)C1. The van der Waals surface area contributed by atoms with Gasteiger partial charge in [0.1, 0.15) is 5.54 Å². The van der Waals surface area contributed by atoms with Gasteiger partial charge in [-0.2, -0.15) is 11.8 Å². The maximum atomic E-state index is 12.6. The van der Waals surface area contributed by atoms with Crippen molar-refractivity contribution in [2.24, 2.45) is 5.41 Å². The van der Waals surface area contributed by atoms with E-state index in [-0.39, 0.29) is 11.4 Å². The molecular weight excluding hydrogens is 270 g/mol. The van der Waals surface area contributed by atoms with Crippen LogP contribution in [0.2, 0.25) is 0 Å². The topological polar surface area (TPSA) is 38.3 Å². The summed E-state index contributed by atoms with van der Waals surface area (Å²) in [6, 6.07) is 0.489. The first kappa shape index (κ1) is 16.2. The summed E-state index contributed by atoms with van der Waals surface area (Å²) >= 11 is 1.89. The van der Waals surface area contributed by atoms with Crippen LogP contribution in [0.4, 0.5) is 0 Å². The first-order valence-electron chi connectivity index (χ1n) is 8.00. The van der Waals surface area contributed by atoms with Crippen LogP contribution in [-0.2, 0) is 9.53 Å². The summed E-state index contributed by atoms with van der Waals surface area (Å²) in [5, 5.41) is 3.72. The normalized spacial score (nSPS) is 30.9. The molecule has 2 aliphatic rings. The molecule has 1 heterocycles. The van der Waals surface area contributed by atoms with Crippen molar-refractivity contribution in [3.63, 3.8) is 0 Å². The predicted molar refractivity (Wildman–Crippen MR) is 85.1 cm³/mol. The van der Waals surface area contributed by atoms with E-state index in [1.165, 1.54) is 32.1 Å². The van der Waals surface area contributed by atoms with Gasteiger partial charge in [0.2, 0.25) is 0 Å². The quantitative estimate of drug-likeness (QED) is 0.808. The van der Waals surface area contributed by atoms with Crippen LogP contribution >= 0.6 is 11.8 Å². The van der Waals surface area contributed by atoms with Gasteiger partial charge < -0.3 is 4.74 Å². The van der Waals surface area contributed by atoms with Crippen LogP contribution in [0.3, 0.4) is 0 Å². The second-order valence-corrected chi connectivity index (χ2v) is 8.10. The monoisotopic (exact) mass is 299 g/mol. The predicted octanol–water partition coefficient (Wildman–Crippen LogP) is 3.37. The van der Waals surface area contributed by atoms with Crippen molar-refractivity contribution in [3.05, 3.63) is 0 Å². The van der Waals surface area contributed by atoms with E-state index in [1.807, 2.05) is 18.7 Å². The molecule has 2 rings (SSSR count). The second kappa shape index (κ2) is 6.69. The molecule has 1 aliphatic carbocycles. The van der Waals surface area contributed by atoms with Crippen molar-refractivity contribution in [2.75, 3.05) is 18.1 Å². The third-order valence-electron chi connectivity index (χ3n) is 4.37. The maximum absolute atomic E-state index is 12.6. The van der Waals surface area contributed by atoms with E-state index in [0.29, 0.717) is 12.6 Å². The van der Waals surface area contributed by atoms with E-state index < -0.39 is 5.54 Å². The van der Waals surface area contributed by atoms with Crippen molar-refractivity contribution in [1.82, 2.24) is 5.32 Å². The lowest BCUT2D eigenvalue weighted by molar-refractivity contribution is -0.152. The minimum atomic E-state index is -0.468. The molecule has 0 aromatic carbocycles. The fourth-order valence-corrected chi connectivity index (χ4v) is 5.02. The van der Waals surface area contributed by atoms with E-state index in [1.54, 1.807) is 0 Å². The largest absolute Gasteiger partial charge is 0.465 e. The van der Waals surface area contributed by atoms with Crippen molar-refractivity contribution < 1.29 is 9.53 Å². The first-order valence-corrected chi connectivity index (χ1v) is 9.16. The summed E-state index contributed by atoms with van der Waals surface area (Å²) in [6.07, 6.45) is 7.20. The molecule has 4 heteroatoms. The van der Waals surface area contributed by atoms with Gasteiger partial charge in [-0.3, -0.25) is 10.1 Å². The lowest BCUT2D eigenvalue weighted by Crippen LogP contribution is -2.62. The molecule has 0 bridgehead atoms. The Morgan fingerprint density at radius 2 is 1.95 bits per heavy atom. The highest BCUT2D eigenvalue weighted by molar-refractivity contribution is 7.99. The molecule has 0 amide bonds. The molecule has 0 aromatic heterocycles. The Hall–Kier alpha value is -0.220. The molecule has 0 radical (unpaired) electrons. The van der Waals surface area contributed by atoms with Crippen molar-refractivity contribution in [2.45, 2.75) is 70.9 Å². The van der Waals surface area contributed by atoms with E-state index in [0.717, 1.165) is 17.9 Å². The minimum absolute atomic E-state index is 0.0363. The zero-order valence-corrected chi connectivity index (χ0v) is 14.0. The molecule has 0 spiro atoms. The van der Waals surface area contributed by atoms with Crippen LogP contribution in [0.1, 0.15) is 59.3 Å². The average molecular weight is 299 g/mol. The van der Waals surface area contributed by atoms with Crippen molar-refractivity contribution in [3.8, 4) is 0 Å². The summed E-state index contributed by atoms with van der Waals surface area (Å²) in [6.45, 7) is 6.89. The maximum Gasteiger partial charge on any atom is 0.327 e. The number of carbonyl (C=O) groups is 1. The third kappa shape index (κ3) is 3.91. The smallest absolute Gasteiger partial charge is 0.327 e. The highest BCUT2D eigenvalue weighted by Crippen LogP contribution is 2.40. The van der Waals surface area contributed by atoms with Crippen LogP contribution in [0.25, 0.3) is 0 Å². The van der Waals surface area contributed by atoms with Crippen LogP contribution in [0.15, 0.2) is 0 Å². The van der Waals surface area contributed by atoms with Crippen LogP contribution in [0.5, 0.6) is 0 Å². The fraction of sp³-hybridized carbons (Fsp3) is 0.938. The number of carbonyl (C=O) groups excluding carboxylic acids is 1. The number of rotatable bonds is 4. The standard InChI is InChI=1S/C16H29NO2S/c1-4-19-14(18)16(10-15(2,3)11-20-12-16)17-13-8-6-5-7-9-13/h13,17H,4-12H2,1-3H3. The molecule has 1 saturated carbocycles. The van der Waals surface area contributed by atoms with Crippen molar-refractivity contribution in [1.29, 1.82) is 0 Å². The van der Waals surface area contributed by atoms with Gasteiger partial charge in [0.05, 0.1) is 6.61 Å². The Morgan fingerprint density at radius 3 is 2.55 bits per heavy atom. The third-order valence-corrected chi connectivity index (χ3v) is 6.06. The lowest BCUT2D eigenvalue weighted by Gasteiger charge is -2.45. The number of ether oxygens (including phenoxy) is 1. The molecule has 20 heavy (non-hydrogen) atoms. The molecule has 2 fully saturated rings. The number of nitrogens with one attached hydrogen (secondary N) is 1. The summed E-state index contributed by atoms with van der Waals surface area (Å²) in [5.74, 6) is 1.94. The molecule has 1 aliphatic heterocycles. The molecule has 1 unspecified atom stereocenters. The number of esters is 1. The summed E-state index contributed by atoms with van der Waals surface area (Å²) < 4.78 is 5.40. The zero-order valence-electron chi connectivity index (χ0n) is 13.2. The van der Waals surface area contributed by atoms with Gasteiger partial charge in [0.15, 0.2) is 0 Å². The summed E-state index contributed by atoms with van der Waals surface area (Å²) in [5.41, 5.74) is -0.276. The molecule has 1 atom stereocenters. The molecule has 1 saturated heterocycles. The highest BCUT2D eigenvalue weighted by atomic mass is 32.2. The minimum Gasteiger partial charge on any atom is -0.465 e. The van der Waals surface area contributed by atoms with Gasteiger partial charge in [-0.25, -0.2) is 0 Å². The number of thioether (sulfide) groups is 1. The van der Waals surface area contributed by atoms with E-state index >= 15 is 0 Å². The highest BCUT2D eigenvalue weighted by Gasteiger charge is 2.48. The molecule has 1 N–H and O–H groups in total. The second-order valence-electron chi connectivity index (χ2n) is 7.12. The molecular formula is C16H29NO2S. The Labute approximate surface area is 127 Å². The van der Waals surface area contributed by atoms with Crippen LogP contribution in [0, 0.1) is 5.41 Å². The first-order chi connectivity index (χ1) is 9.47. The van der Waals surface area contributed by atoms with Crippen LogP contribution in [-0.4, -0.2) is 35.7 Å². The van der Waals surface area contributed by atoms with E-state index in [2.05, 4.69) is 19.2 Å². The van der Waals surface area contributed by atoms with Gasteiger partial charge in [-0.15, -0.1) is 0 Å². The summed E-state index contributed by atoms with van der Waals surface area (Å²) in [4.78, 5) is 12.6. The Morgan fingerprint density at radius 1 is 1.25 bits per heavy atom. The Bertz CT molecular complexity index is 339. The van der Waals surface area contributed by atoms with Gasteiger partial charge >= 0.3 is 5.97 Å². The number of hydrogen-bond donors (Lipinski definition) is 1. The van der Waals surface area contributed by atoms with Crippen molar-refractivity contribution >= 4 is 17.7 Å². The van der Waals surface area contributed by atoms with E-state index in [4.69, 9.17) is 4.74 Å². The lowest BCUT2D eigenvalue weighted by atomic mass is 9.78. The average Bonchev–Trinajstić information content (AvgIpc) is 2.39. The Balaban J connectivity index is 2.12. The molecule has 3 nitrogen and oxygen atoms in total. The van der Waals surface area contributed by atoms with Gasteiger partial charge in [0.25, 0.3) is 0 Å². The zero-order chi connectivity index (χ0) is 14.6. The fourth-order valence-electron chi connectivity index (χ4n) is 3.61. The van der Waals surface area contributed by atoms with Crippen LogP contribution < -0.4 is 5.32 Å². The Kier molecular flexibility index (Phi) is 5.41. The van der Waals surface area contributed by atoms with Gasteiger partial charge in [-0.1, -0.05) is 33.1 Å². The number of hydrogen-bond acceptors (Lipinski definition) is 4. The van der Waals surface area contributed by atoms with E-state index in [9.17, 15) is 4.79 Å². The summed E-state index contributed by atoms with van der Waals surface area (Å²) in [7, 11) is 0. The molecule has 116 valence electrons.